The zero-order valence-corrected chi connectivity index (χ0v) is 8.31. The van der Waals surface area contributed by atoms with Crippen LogP contribution in [0.2, 0.25) is 0 Å². The lowest BCUT2D eigenvalue weighted by Gasteiger charge is -1.99. The van der Waals surface area contributed by atoms with Crippen molar-refractivity contribution in [3.8, 4) is 0 Å². The Morgan fingerprint density at radius 1 is 1.42 bits per heavy atom. The van der Waals surface area contributed by atoms with Crippen molar-refractivity contribution in [2.75, 3.05) is 0 Å². The molecule has 0 unspecified atom stereocenters. The Balaban J connectivity index is 3.95. The van der Waals surface area contributed by atoms with Crippen LogP contribution in [0.1, 0.15) is 40.0 Å². The van der Waals surface area contributed by atoms with Crippen molar-refractivity contribution in [3.63, 3.8) is 0 Å². The molecule has 0 spiro atoms. The van der Waals surface area contributed by atoms with Gasteiger partial charge in [-0.1, -0.05) is 18.6 Å². The maximum Gasteiger partial charge on any atom is 0.155 e. The molecule has 0 aliphatic carbocycles. The summed E-state index contributed by atoms with van der Waals surface area (Å²) in [5.41, 5.74) is 2.11. The number of hydrogen-bond donors (Lipinski definition) is 0. The first-order valence-electron chi connectivity index (χ1n) is 4.42. The van der Waals surface area contributed by atoms with E-state index in [1.54, 1.807) is 6.92 Å². The zero-order valence-electron chi connectivity index (χ0n) is 8.31. The Kier molecular flexibility index (Phi) is 5.35. The Morgan fingerprint density at radius 2 is 2.00 bits per heavy atom. The van der Waals surface area contributed by atoms with Crippen molar-refractivity contribution >= 4 is 5.78 Å². The molecule has 0 bridgehead atoms. The predicted molar refractivity (Wildman–Crippen MR) is 53.1 cm³/mol. The molecule has 1 heteroatoms. The number of allylic oxidation sites excluding steroid dienone is 3. The Bertz CT molecular complexity index is 199. The van der Waals surface area contributed by atoms with E-state index in [9.17, 15) is 4.79 Å². The van der Waals surface area contributed by atoms with Gasteiger partial charge in [0.1, 0.15) is 0 Å². The number of carbonyl (C=O) groups excluding carboxylic acids is 1. The smallest absolute Gasteiger partial charge is 0.155 e. The largest absolute Gasteiger partial charge is 0.295 e. The van der Waals surface area contributed by atoms with E-state index in [1.165, 1.54) is 5.57 Å². The van der Waals surface area contributed by atoms with Gasteiger partial charge in [0.2, 0.25) is 0 Å². The molecule has 0 atom stereocenters. The molecule has 68 valence electrons. The van der Waals surface area contributed by atoms with Crippen LogP contribution in [0.25, 0.3) is 0 Å². The van der Waals surface area contributed by atoms with Crippen molar-refractivity contribution in [1.29, 1.82) is 0 Å². The average Bonchev–Trinajstić information content (AvgIpc) is 1.96. The maximum absolute atomic E-state index is 11.0. The first kappa shape index (κ1) is 11.2. The van der Waals surface area contributed by atoms with Crippen LogP contribution in [0.5, 0.6) is 0 Å². The SMILES string of the molecule is C=C(C)CCC=C(CC)C(C)=O. The quantitative estimate of drug-likeness (QED) is 0.452. The van der Waals surface area contributed by atoms with Gasteiger partial charge in [-0.25, -0.2) is 0 Å². The van der Waals surface area contributed by atoms with E-state index < -0.39 is 0 Å². The highest BCUT2D eigenvalue weighted by atomic mass is 16.1. The summed E-state index contributed by atoms with van der Waals surface area (Å²) < 4.78 is 0. The van der Waals surface area contributed by atoms with E-state index in [2.05, 4.69) is 6.58 Å². The molecule has 0 aliphatic rings. The number of hydrogen-bond acceptors (Lipinski definition) is 1. The minimum atomic E-state index is 0.194. The summed E-state index contributed by atoms with van der Waals surface area (Å²) >= 11 is 0. The maximum atomic E-state index is 11.0. The fourth-order valence-electron chi connectivity index (χ4n) is 1.03. The summed E-state index contributed by atoms with van der Waals surface area (Å²) in [7, 11) is 0. The standard InChI is InChI=1S/C11H18O/c1-5-11(10(4)12)8-6-7-9(2)3/h8H,2,5-7H2,1,3-4H3. The zero-order chi connectivity index (χ0) is 9.56. The number of rotatable bonds is 5. The molecule has 0 aromatic heterocycles. The van der Waals surface area contributed by atoms with E-state index in [0.717, 1.165) is 24.8 Å². The van der Waals surface area contributed by atoms with Crippen molar-refractivity contribution in [1.82, 2.24) is 0 Å². The van der Waals surface area contributed by atoms with Gasteiger partial charge in [-0.3, -0.25) is 4.79 Å². The molecule has 0 aromatic carbocycles. The van der Waals surface area contributed by atoms with Crippen LogP contribution in [-0.4, -0.2) is 5.78 Å². The molecule has 0 rings (SSSR count). The summed E-state index contributed by atoms with van der Waals surface area (Å²) in [6.45, 7) is 9.44. The number of Topliss-reactive ketones (excluding diaryl/α,β-unsaturated/α-hetero) is 1. The topological polar surface area (TPSA) is 17.1 Å². The van der Waals surface area contributed by atoms with E-state index >= 15 is 0 Å². The third kappa shape index (κ3) is 4.89. The van der Waals surface area contributed by atoms with Crippen LogP contribution in [0.3, 0.4) is 0 Å². The van der Waals surface area contributed by atoms with Gasteiger partial charge < -0.3 is 0 Å². The third-order valence-corrected chi connectivity index (χ3v) is 1.79. The molecule has 0 N–H and O–H groups in total. The van der Waals surface area contributed by atoms with Gasteiger partial charge in [0.15, 0.2) is 5.78 Å². The van der Waals surface area contributed by atoms with Gasteiger partial charge in [0, 0.05) is 0 Å². The molecule has 0 aliphatic heterocycles. The lowest BCUT2D eigenvalue weighted by atomic mass is 10.1. The molecule has 0 aromatic rings. The van der Waals surface area contributed by atoms with E-state index in [0.29, 0.717) is 0 Å². The second-order valence-electron chi connectivity index (χ2n) is 3.13. The second-order valence-corrected chi connectivity index (χ2v) is 3.13. The normalized spacial score (nSPS) is 11.4. The second kappa shape index (κ2) is 5.76. The van der Waals surface area contributed by atoms with Gasteiger partial charge in [0.05, 0.1) is 0 Å². The highest BCUT2D eigenvalue weighted by molar-refractivity contribution is 5.93. The molecule has 0 saturated carbocycles. The molecule has 0 amide bonds. The summed E-state index contributed by atoms with van der Waals surface area (Å²) in [6, 6.07) is 0. The van der Waals surface area contributed by atoms with Crippen molar-refractivity contribution in [2.45, 2.75) is 40.0 Å². The van der Waals surface area contributed by atoms with Gasteiger partial charge in [-0.15, -0.1) is 6.58 Å². The monoisotopic (exact) mass is 166 g/mol. The summed E-state index contributed by atoms with van der Waals surface area (Å²) in [4.78, 5) is 11.0. The van der Waals surface area contributed by atoms with Gasteiger partial charge >= 0.3 is 0 Å². The Labute approximate surface area is 75.2 Å². The molecule has 0 fully saturated rings. The number of ketones is 1. The highest BCUT2D eigenvalue weighted by Gasteiger charge is 1.98. The van der Waals surface area contributed by atoms with E-state index in [1.807, 2.05) is 19.9 Å². The van der Waals surface area contributed by atoms with Crippen LogP contribution in [-0.2, 0) is 4.79 Å². The van der Waals surface area contributed by atoms with Crippen LogP contribution < -0.4 is 0 Å². The minimum absolute atomic E-state index is 0.194. The average molecular weight is 166 g/mol. The van der Waals surface area contributed by atoms with Crippen molar-refractivity contribution < 1.29 is 4.79 Å². The lowest BCUT2D eigenvalue weighted by Crippen LogP contribution is -1.94. The van der Waals surface area contributed by atoms with Crippen LogP contribution in [0, 0.1) is 0 Å². The lowest BCUT2D eigenvalue weighted by molar-refractivity contribution is -0.113. The predicted octanol–water partition coefficient (Wildman–Crippen LogP) is 3.27. The summed E-state index contributed by atoms with van der Waals surface area (Å²) in [5.74, 6) is 0.194. The highest BCUT2D eigenvalue weighted by Crippen LogP contribution is 2.07. The fourth-order valence-corrected chi connectivity index (χ4v) is 1.03. The fraction of sp³-hybridized carbons (Fsp3) is 0.545. The first-order valence-corrected chi connectivity index (χ1v) is 4.42. The summed E-state index contributed by atoms with van der Waals surface area (Å²) in [6.07, 6.45) is 4.79. The van der Waals surface area contributed by atoms with Crippen molar-refractivity contribution in [2.24, 2.45) is 0 Å². The summed E-state index contributed by atoms with van der Waals surface area (Å²) in [5, 5.41) is 0. The number of carbonyl (C=O) groups is 1. The molecular formula is C11H18O. The Morgan fingerprint density at radius 3 is 2.33 bits per heavy atom. The Hall–Kier alpha value is -0.850. The van der Waals surface area contributed by atoms with Crippen LogP contribution in [0.4, 0.5) is 0 Å². The molecule has 0 heterocycles. The molecule has 12 heavy (non-hydrogen) atoms. The van der Waals surface area contributed by atoms with Crippen LogP contribution in [0.15, 0.2) is 23.8 Å². The first-order chi connectivity index (χ1) is 5.57. The molecule has 1 nitrogen and oxygen atoms in total. The van der Waals surface area contributed by atoms with Crippen LogP contribution >= 0.6 is 0 Å². The molecule has 0 saturated heterocycles. The van der Waals surface area contributed by atoms with Gasteiger partial charge in [0.25, 0.3) is 0 Å². The van der Waals surface area contributed by atoms with Gasteiger partial charge in [-0.2, -0.15) is 0 Å². The third-order valence-electron chi connectivity index (χ3n) is 1.79. The van der Waals surface area contributed by atoms with E-state index in [4.69, 9.17) is 0 Å². The molecule has 0 radical (unpaired) electrons. The van der Waals surface area contributed by atoms with E-state index in [-0.39, 0.29) is 5.78 Å². The minimum Gasteiger partial charge on any atom is -0.295 e. The van der Waals surface area contributed by atoms with Crippen molar-refractivity contribution in [3.05, 3.63) is 23.8 Å². The van der Waals surface area contributed by atoms with Gasteiger partial charge in [-0.05, 0) is 38.7 Å². The molecular weight excluding hydrogens is 148 g/mol.